The number of nitrogens with one attached hydrogen (secondary N) is 3. The summed E-state index contributed by atoms with van der Waals surface area (Å²) in [5.74, 6) is 0.148. The van der Waals surface area contributed by atoms with Crippen molar-refractivity contribution in [3.63, 3.8) is 0 Å². The molecule has 4 rings (SSSR count). The quantitative estimate of drug-likeness (QED) is 0.483. The first kappa shape index (κ1) is 19.6. The van der Waals surface area contributed by atoms with Gasteiger partial charge in [-0.05, 0) is 68.3 Å². The monoisotopic (exact) mass is 390 g/mol. The minimum absolute atomic E-state index is 0.148. The Kier molecular flexibility index (Phi) is 6.57. The van der Waals surface area contributed by atoms with Crippen LogP contribution >= 0.6 is 0 Å². The summed E-state index contributed by atoms with van der Waals surface area (Å²) in [5, 5.41) is 7.93. The zero-order valence-corrected chi connectivity index (χ0v) is 16.9. The van der Waals surface area contributed by atoms with Crippen LogP contribution in [0.1, 0.15) is 55.0 Å². The Morgan fingerprint density at radius 3 is 3.03 bits per heavy atom. The van der Waals surface area contributed by atoms with Gasteiger partial charge in [-0.3, -0.25) is 9.78 Å². The number of carbonyl (C=O) groups is 1. The number of hydrogen-bond donors (Lipinski definition) is 3. The first-order valence-electron chi connectivity index (χ1n) is 10.8. The van der Waals surface area contributed by atoms with Gasteiger partial charge >= 0.3 is 0 Å². The number of fused-ring (bicyclic) bond motifs is 2. The van der Waals surface area contributed by atoms with Crippen LogP contribution in [-0.4, -0.2) is 29.0 Å². The molecule has 0 fully saturated rings. The second-order valence-electron chi connectivity index (χ2n) is 7.86. The molecule has 1 aliphatic carbocycles. The smallest absolute Gasteiger partial charge is 0.220 e. The molecule has 1 amide bonds. The average Bonchev–Trinajstić information content (AvgIpc) is 3.17. The standard InChI is InChI=1S/C24H30N4O/c29-23(26-16-13-19-17-28-21-10-2-1-9-20(19)21)12-3-4-14-25-22-11-5-7-18-8-6-15-27-24(18)22/h1-2,6,8-10,15,17,22,25,28H,3-5,7,11-14,16H2,(H,26,29). The maximum absolute atomic E-state index is 12.1. The Morgan fingerprint density at radius 2 is 2.07 bits per heavy atom. The highest BCUT2D eigenvalue weighted by atomic mass is 16.1. The van der Waals surface area contributed by atoms with E-state index in [0.717, 1.165) is 44.2 Å². The van der Waals surface area contributed by atoms with Gasteiger partial charge in [0.2, 0.25) is 5.91 Å². The van der Waals surface area contributed by atoms with Gasteiger partial charge in [0.1, 0.15) is 0 Å². The zero-order chi connectivity index (χ0) is 19.9. The van der Waals surface area contributed by atoms with Gasteiger partial charge in [-0.1, -0.05) is 24.3 Å². The Bertz CT molecular complexity index is 949. The number of unbranched alkanes of at least 4 members (excludes halogenated alkanes) is 1. The van der Waals surface area contributed by atoms with Gasteiger partial charge in [0, 0.05) is 42.3 Å². The van der Waals surface area contributed by atoms with E-state index in [2.05, 4.69) is 38.8 Å². The van der Waals surface area contributed by atoms with Gasteiger partial charge in [-0.2, -0.15) is 0 Å². The van der Waals surface area contributed by atoms with Crippen LogP contribution in [0.15, 0.2) is 48.8 Å². The fraction of sp³-hybridized carbons (Fsp3) is 0.417. The molecule has 1 atom stereocenters. The SMILES string of the molecule is O=C(CCCCNC1CCCc2cccnc21)NCCc1c[nH]c2ccccc12. The number of carbonyl (C=O) groups excluding carboxylic acids is 1. The molecular weight excluding hydrogens is 360 g/mol. The summed E-state index contributed by atoms with van der Waals surface area (Å²) < 4.78 is 0. The van der Waals surface area contributed by atoms with Crippen molar-refractivity contribution in [2.45, 2.75) is 51.0 Å². The Hall–Kier alpha value is -2.66. The van der Waals surface area contributed by atoms with E-state index in [-0.39, 0.29) is 5.91 Å². The van der Waals surface area contributed by atoms with Gasteiger partial charge < -0.3 is 15.6 Å². The Labute approximate surface area is 172 Å². The molecule has 29 heavy (non-hydrogen) atoms. The third-order valence-corrected chi connectivity index (χ3v) is 5.81. The molecule has 5 nitrogen and oxygen atoms in total. The molecule has 2 heterocycles. The fourth-order valence-corrected chi connectivity index (χ4v) is 4.26. The summed E-state index contributed by atoms with van der Waals surface area (Å²) in [5.41, 5.74) is 5.00. The van der Waals surface area contributed by atoms with Gasteiger partial charge in [0.25, 0.3) is 0 Å². The highest BCUT2D eigenvalue weighted by Crippen LogP contribution is 2.27. The third-order valence-electron chi connectivity index (χ3n) is 5.81. The zero-order valence-electron chi connectivity index (χ0n) is 16.9. The van der Waals surface area contributed by atoms with Crippen LogP contribution < -0.4 is 10.6 Å². The summed E-state index contributed by atoms with van der Waals surface area (Å²) in [6, 6.07) is 12.9. The molecule has 1 aromatic carbocycles. The lowest BCUT2D eigenvalue weighted by atomic mass is 9.92. The van der Waals surface area contributed by atoms with E-state index in [9.17, 15) is 4.79 Å². The second kappa shape index (κ2) is 9.70. The molecule has 5 heteroatoms. The van der Waals surface area contributed by atoms with Crippen LogP contribution in [0.5, 0.6) is 0 Å². The number of H-pyrrole nitrogens is 1. The van der Waals surface area contributed by atoms with Crippen molar-refractivity contribution in [3.8, 4) is 0 Å². The number of aromatic amines is 1. The molecule has 3 N–H and O–H groups in total. The largest absolute Gasteiger partial charge is 0.361 e. The van der Waals surface area contributed by atoms with Crippen LogP contribution in [0.2, 0.25) is 0 Å². The number of pyridine rings is 1. The molecule has 3 aromatic rings. The van der Waals surface area contributed by atoms with E-state index in [1.54, 1.807) is 0 Å². The molecule has 1 aliphatic rings. The maximum Gasteiger partial charge on any atom is 0.220 e. The highest BCUT2D eigenvalue weighted by Gasteiger charge is 2.20. The molecule has 0 bridgehead atoms. The predicted molar refractivity (Wildman–Crippen MR) is 117 cm³/mol. The average molecular weight is 391 g/mol. The van der Waals surface area contributed by atoms with E-state index >= 15 is 0 Å². The number of aromatic nitrogens is 2. The highest BCUT2D eigenvalue weighted by molar-refractivity contribution is 5.83. The number of nitrogens with zero attached hydrogens (tertiary/aromatic N) is 1. The van der Waals surface area contributed by atoms with Crippen molar-refractivity contribution < 1.29 is 4.79 Å². The maximum atomic E-state index is 12.1. The summed E-state index contributed by atoms with van der Waals surface area (Å²) in [7, 11) is 0. The van der Waals surface area contributed by atoms with E-state index in [4.69, 9.17) is 0 Å². The Morgan fingerprint density at radius 1 is 1.14 bits per heavy atom. The van der Waals surface area contributed by atoms with Crippen molar-refractivity contribution >= 4 is 16.8 Å². The third kappa shape index (κ3) is 5.04. The number of amides is 1. The molecule has 0 aliphatic heterocycles. The number of rotatable bonds is 9. The summed E-state index contributed by atoms with van der Waals surface area (Å²) in [4.78, 5) is 20.0. The molecule has 0 spiro atoms. The fourth-order valence-electron chi connectivity index (χ4n) is 4.26. The minimum atomic E-state index is 0.148. The normalized spacial score (nSPS) is 15.9. The van der Waals surface area contributed by atoms with Crippen molar-refractivity contribution in [2.24, 2.45) is 0 Å². The van der Waals surface area contributed by atoms with Crippen molar-refractivity contribution in [1.29, 1.82) is 0 Å². The Balaban J connectivity index is 1.11. The summed E-state index contributed by atoms with van der Waals surface area (Å²) in [6.45, 7) is 1.62. The molecule has 1 unspecified atom stereocenters. The van der Waals surface area contributed by atoms with Crippen molar-refractivity contribution in [2.75, 3.05) is 13.1 Å². The lowest BCUT2D eigenvalue weighted by molar-refractivity contribution is -0.121. The van der Waals surface area contributed by atoms with Crippen LogP contribution in [0.25, 0.3) is 10.9 Å². The van der Waals surface area contributed by atoms with Gasteiger partial charge in [0.15, 0.2) is 0 Å². The molecule has 0 radical (unpaired) electrons. The van der Waals surface area contributed by atoms with Crippen LogP contribution in [-0.2, 0) is 17.6 Å². The summed E-state index contributed by atoms with van der Waals surface area (Å²) in [6.07, 6.45) is 10.8. The lowest BCUT2D eigenvalue weighted by Crippen LogP contribution is -2.28. The van der Waals surface area contributed by atoms with Gasteiger partial charge in [0.05, 0.1) is 5.69 Å². The van der Waals surface area contributed by atoms with E-state index < -0.39 is 0 Å². The van der Waals surface area contributed by atoms with Crippen molar-refractivity contribution in [3.05, 3.63) is 65.6 Å². The van der Waals surface area contributed by atoms with Crippen LogP contribution in [0, 0.1) is 0 Å². The van der Waals surface area contributed by atoms with Gasteiger partial charge in [-0.25, -0.2) is 0 Å². The van der Waals surface area contributed by atoms with E-state index in [1.807, 2.05) is 30.6 Å². The molecule has 0 saturated heterocycles. The first-order valence-corrected chi connectivity index (χ1v) is 10.8. The minimum Gasteiger partial charge on any atom is -0.361 e. The number of para-hydroxylation sites is 1. The molecule has 152 valence electrons. The predicted octanol–water partition coefficient (Wildman–Crippen LogP) is 4.06. The van der Waals surface area contributed by atoms with E-state index in [0.29, 0.717) is 19.0 Å². The number of hydrogen-bond acceptors (Lipinski definition) is 3. The number of benzene rings is 1. The van der Waals surface area contributed by atoms with Crippen LogP contribution in [0.4, 0.5) is 0 Å². The topological polar surface area (TPSA) is 69.8 Å². The first-order chi connectivity index (χ1) is 14.3. The van der Waals surface area contributed by atoms with Crippen LogP contribution in [0.3, 0.4) is 0 Å². The molecular formula is C24H30N4O. The number of aryl methyl sites for hydroxylation is 1. The van der Waals surface area contributed by atoms with Gasteiger partial charge in [-0.15, -0.1) is 0 Å². The lowest BCUT2D eigenvalue weighted by Gasteiger charge is -2.25. The second-order valence-corrected chi connectivity index (χ2v) is 7.86. The van der Waals surface area contributed by atoms with E-state index in [1.165, 1.54) is 28.6 Å². The van der Waals surface area contributed by atoms with Crippen molar-refractivity contribution in [1.82, 2.24) is 20.6 Å². The molecule has 2 aromatic heterocycles. The molecule has 0 saturated carbocycles. The summed E-state index contributed by atoms with van der Waals surface area (Å²) >= 11 is 0.